The summed E-state index contributed by atoms with van der Waals surface area (Å²) in [5, 5.41) is 5.36. The van der Waals surface area contributed by atoms with Crippen molar-refractivity contribution in [1.82, 2.24) is 5.32 Å². The number of methoxy groups -OCH3 is 1. The second-order valence-corrected chi connectivity index (χ2v) is 5.78. The predicted octanol–water partition coefficient (Wildman–Crippen LogP) is 1.96. The molecule has 22 heavy (non-hydrogen) atoms. The fraction of sp³-hybridized carbons (Fsp3) is 0.438. The van der Waals surface area contributed by atoms with E-state index in [9.17, 15) is 14.4 Å². The number of carbonyl (C=O) groups excluding carboxylic acids is 3. The topological polar surface area (TPSA) is 84.5 Å². The van der Waals surface area contributed by atoms with Crippen molar-refractivity contribution >= 4 is 23.5 Å². The van der Waals surface area contributed by atoms with Crippen LogP contribution in [0.5, 0.6) is 0 Å². The van der Waals surface area contributed by atoms with Crippen molar-refractivity contribution in [2.45, 2.75) is 33.7 Å². The molecule has 0 aromatic heterocycles. The molecule has 0 radical (unpaired) electrons. The largest absolute Gasteiger partial charge is 0.465 e. The SMILES string of the molecule is COC(=O)c1cccc(NC(=O)C(C)(C)C(=O)NC(C)C)c1. The van der Waals surface area contributed by atoms with Gasteiger partial charge in [-0.25, -0.2) is 4.79 Å². The van der Waals surface area contributed by atoms with Crippen LogP contribution in [0.2, 0.25) is 0 Å². The van der Waals surface area contributed by atoms with Crippen molar-refractivity contribution in [2.24, 2.45) is 5.41 Å². The summed E-state index contributed by atoms with van der Waals surface area (Å²) in [5.41, 5.74) is -0.478. The molecule has 0 aliphatic heterocycles. The number of hydrogen-bond acceptors (Lipinski definition) is 4. The Balaban J connectivity index is 2.88. The highest BCUT2D eigenvalue weighted by molar-refractivity contribution is 6.10. The van der Waals surface area contributed by atoms with E-state index >= 15 is 0 Å². The molecule has 0 spiro atoms. The van der Waals surface area contributed by atoms with Crippen molar-refractivity contribution in [3.05, 3.63) is 29.8 Å². The zero-order valence-electron chi connectivity index (χ0n) is 13.5. The van der Waals surface area contributed by atoms with Crippen molar-refractivity contribution in [3.8, 4) is 0 Å². The van der Waals surface area contributed by atoms with Gasteiger partial charge in [0, 0.05) is 11.7 Å². The van der Waals surface area contributed by atoms with Crippen LogP contribution in [0.4, 0.5) is 5.69 Å². The van der Waals surface area contributed by atoms with Gasteiger partial charge in [0.25, 0.3) is 0 Å². The van der Waals surface area contributed by atoms with Gasteiger partial charge in [0.05, 0.1) is 12.7 Å². The first-order chi connectivity index (χ1) is 10.2. The Bertz CT molecular complexity index is 579. The van der Waals surface area contributed by atoms with Gasteiger partial charge in [-0.05, 0) is 45.9 Å². The number of nitrogens with one attached hydrogen (secondary N) is 2. The van der Waals surface area contributed by atoms with Gasteiger partial charge in [0.2, 0.25) is 11.8 Å². The summed E-state index contributed by atoms with van der Waals surface area (Å²) >= 11 is 0. The third-order valence-electron chi connectivity index (χ3n) is 3.10. The van der Waals surface area contributed by atoms with Crippen molar-refractivity contribution in [2.75, 3.05) is 12.4 Å². The Morgan fingerprint density at radius 1 is 1.14 bits per heavy atom. The first-order valence-corrected chi connectivity index (χ1v) is 6.99. The number of rotatable bonds is 5. The van der Waals surface area contributed by atoms with Crippen LogP contribution >= 0.6 is 0 Å². The van der Waals surface area contributed by atoms with Gasteiger partial charge in [0.1, 0.15) is 5.41 Å². The Kier molecular flexibility index (Phi) is 5.68. The number of esters is 1. The zero-order valence-corrected chi connectivity index (χ0v) is 13.5. The summed E-state index contributed by atoms with van der Waals surface area (Å²) in [6, 6.07) is 6.30. The summed E-state index contributed by atoms with van der Waals surface area (Å²) < 4.78 is 4.63. The molecule has 2 N–H and O–H groups in total. The molecular weight excluding hydrogens is 284 g/mol. The van der Waals surface area contributed by atoms with E-state index in [1.54, 1.807) is 32.0 Å². The lowest BCUT2D eigenvalue weighted by molar-refractivity contribution is -0.138. The Hall–Kier alpha value is -2.37. The van der Waals surface area contributed by atoms with E-state index in [4.69, 9.17) is 0 Å². The van der Waals surface area contributed by atoms with Crippen LogP contribution < -0.4 is 10.6 Å². The van der Waals surface area contributed by atoms with Gasteiger partial charge in [-0.15, -0.1) is 0 Å². The molecule has 1 aromatic carbocycles. The molecule has 0 bridgehead atoms. The predicted molar refractivity (Wildman–Crippen MR) is 83.5 cm³/mol. The van der Waals surface area contributed by atoms with E-state index < -0.39 is 17.3 Å². The molecule has 0 unspecified atom stereocenters. The van der Waals surface area contributed by atoms with Gasteiger partial charge in [0.15, 0.2) is 0 Å². The summed E-state index contributed by atoms with van der Waals surface area (Å²) in [7, 11) is 1.28. The van der Waals surface area contributed by atoms with Crippen molar-refractivity contribution in [3.63, 3.8) is 0 Å². The number of anilines is 1. The molecular formula is C16H22N2O4. The summed E-state index contributed by atoms with van der Waals surface area (Å²) in [4.78, 5) is 35.9. The highest BCUT2D eigenvalue weighted by Gasteiger charge is 2.36. The van der Waals surface area contributed by atoms with E-state index in [1.165, 1.54) is 13.2 Å². The average Bonchev–Trinajstić information content (AvgIpc) is 2.45. The maximum atomic E-state index is 12.3. The normalized spacial score (nSPS) is 11.0. The maximum absolute atomic E-state index is 12.3. The first kappa shape index (κ1) is 17.7. The van der Waals surface area contributed by atoms with E-state index in [0.29, 0.717) is 11.3 Å². The number of hydrogen-bond donors (Lipinski definition) is 2. The molecule has 0 saturated heterocycles. The molecule has 0 fully saturated rings. The summed E-state index contributed by atoms with van der Waals surface area (Å²) in [6.07, 6.45) is 0. The average molecular weight is 306 g/mol. The Morgan fingerprint density at radius 2 is 1.77 bits per heavy atom. The van der Waals surface area contributed by atoms with Crippen LogP contribution in [0.3, 0.4) is 0 Å². The third-order valence-corrected chi connectivity index (χ3v) is 3.10. The van der Waals surface area contributed by atoms with Crippen molar-refractivity contribution in [1.29, 1.82) is 0 Å². The minimum absolute atomic E-state index is 0.0535. The summed E-state index contributed by atoms with van der Waals surface area (Å²) in [5.74, 6) is -1.30. The molecule has 0 aliphatic rings. The molecule has 2 amide bonds. The first-order valence-electron chi connectivity index (χ1n) is 6.99. The van der Waals surface area contributed by atoms with Crippen LogP contribution in [0.25, 0.3) is 0 Å². The minimum atomic E-state index is -1.23. The number of carbonyl (C=O) groups is 3. The number of benzene rings is 1. The summed E-state index contributed by atoms with van der Waals surface area (Å²) in [6.45, 7) is 6.74. The smallest absolute Gasteiger partial charge is 0.337 e. The Labute approximate surface area is 130 Å². The zero-order chi connectivity index (χ0) is 16.9. The molecule has 6 heteroatoms. The molecule has 1 aromatic rings. The molecule has 0 heterocycles. The maximum Gasteiger partial charge on any atom is 0.337 e. The molecule has 120 valence electrons. The van der Waals surface area contributed by atoms with Gasteiger partial charge < -0.3 is 15.4 Å². The lowest BCUT2D eigenvalue weighted by Crippen LogP contribution is -2.47. The van der Waals surface area contributed by atoms with Gasteiger partial charge >= 0.3 is 5.97 Å². The van der Waals surface area contributed by atoms with Crippen molar-refractivity contribution < 1.29 is 19.1 Å². The van der Waals surface area contributed by atoms with Crippen LogP contribution in [0, 0.1) is 5.41 Å². The number of ether oxygens (including phenoxy) is 1. The highest BCUT2D eigenvalue weighted by atomic mass is 16.5. The molecule has 1 rings (SSSR count). The standard InChI is InChI=1S/C16H22N2O4/c1-10(2)17-14(20)16(3,4)15(21)18-12-8-6-7-11(9-12)13(19)22-5/h6-10H,1-5H3,(H,17,20)(H,18,21). The minimum Gasteiger partial charge on any atom is -0.465 e. The fourth-order valence-corrected chi connectivity index (χ4v) is 1.67. The number of amides is 2. The molecule has 0 saturated carbocycles. The van der Waals surface area contributed by atoms with E-state index in [1.807, 2.05) is 13.8 Å². The van der Waals surface area contributed by atoms with E-state index in [0.717, 1.165) is 0 Å². The van der Waals surface area contributed by atoms with E-state index in [-0.39, 0.29) is 11.9 Å². The molecule has 0 atom stereocenters. The fourth-order valence-electron chi connectivity index (χ4n) is 1.67. The third kappa shape index (κ3) is 4.31. The van der Waals surface area contributed by atoms with Gasteiger partial charge in [-0.3, -0.25) is 9.59 Å². The molecule has 0 aliphatic carbocycles. The van der Waals surface area contributed by atoms with Crippen LogP contribution in [0.15, 0.2) is 24.3 Å². The lowest BCUT2D eigenvalue weighted by Gasteiger charge is -2.24. The second-order valence-electron chi connectivity index (χ2n) is 5.78. The van der Waals surface area contributed by atoms with E-state index in [2.05, 4.69) is 15.4 Å². The second kappa shape index (κ2) is 7.06. The molecule has 6 nitrogen and oxygen atoms in total. The van der Waals surface area contributed by atoms with Crippen LogP contribution in [-0.4, -0.2) is 30.9 Å². The Morgan fingerprint density at radius 3 is 2.32 bits per heavy atom. The monoisotopic (exact) mass is 306 g/mol. The van der Waals surface area contributed by atoms with Gasteiger partial charge in [-0.2, -0.15) is 0 Å². The highest BCUT2D eigenvalue weighted by Crippen LogP contribution is 2.20. The van der Waals surface area contributed by atoms with Crippen LogP contribution in [-0.2, 0) is 14.3 Å². The van der Waals surface area contributed by atoms with Gasteiger partial charge in [-0.1, -0.05) is 6.07 Å². The van der Waals surface area contributed by atoms with Crippen LogP contribution in [0.1, 0.15) is 38.1 Å². The lowest BCUT2D eigenvalue weighted by atomic mass is 9.90. The quantitative estimate of drug-likeness (QED) is 0.643.